The normalized spacial score (nSPS) is 17.1. The lowest BCUT2D eigenvalue weighted by molar-refractivity contribution is -0.130. The lowest BCUT2D eigenvalue weighted by Crippen LogP contribution is -2.46. The third-order valence-electron chi connectivity index (χ3n) is 3.74. The molecule has 1 aliphatic heterocycles. The van der Waals surface area contributed by atoms with E-state index < -0.39 is 5.41 Å². The topological polar surface area (TPSA) is 64.4 Å². The first-order chi connectivity index (χ1) is 9.07. The number of carbonyl (C=O) groups excluding carboxylic acids is 1. The zero-order valence-corrected chi connectivity index (χ0v) is 12.3. The number of halogens is 2. The number of amides is 1. The van der Waals surface area contributed by atoms with Crippen LogP contribution in [-0.4, -0.2) is 25.7 Å². The lowest BCUT2D eigenvalue weighted by atomic mass is 9.79. The van der Waals surface area contributed by atoms with Crippen LogP contribution in [0, 0.1) is 18.2 Å². The van der Waals surface area contributed by atoms with Crippen LogP contribution in [0.4, 0.5) is 10.1 Å². The largest absolute Gasteiger partial charge is 0.381 e. The predicted molar refractivity (Wildman–Crippen MR) is 78.6 cm³/mol. The maximum absolute atomic E-state index is 13.2. The van der Waals surface area contributed by atoms with E-state index in [1.165, 1.54) is 6.07 Å². The number of hydrogen-bond donors (Lipinski definition) is 2. The molecule has 1 saturated heterocycles. The zero-order chi connectivity index (χ0) is 13.9. The summed E-state index contributed by atoms with van der Waals surface area (Å²) < 4.78 is 18.5. The molecule has 1 aromatic carbocycles. The van der Waals surface area contributed by atoms with Crippen molar-refractivity contribution < 1.29 is 13.9 Å². The van der Waals surface area contributed by atoms with Crippen molar-refractivity contribution in [3.63, 3.8) is 0 Å². The summed E-state index contributed by atoms with van der Waals surface area (Å²) in [5.74, 6) is -0.387. The van der Waals surface area contributed by atoms with Crippen LogP contribution in [0.1, 0.15) is 18.4 Å². The lowest BCUT2D eigenvalue weighted by Gasteiger charge is -2.34. The molecule has 0 atom stereocenters. The van der Waals surface area contributed by atoms with Gasteiger partial charge in [0.15, 0.2) is 0 Å². The Hall–Kier alpha value is -1.17. The van der Waals surface area contributed by atoms with Gasteiger partial charge in [-0.3, -0.25) is 4.79 Å². The first-order valence-corrected chi connectivity index (χ1v) is 6.43. The fourth-order valence-corrected chi connectivity index (χ4v) is 2.27. The Morgan fingerprint density at radius 2 is 2.10 bits per heavy atom. The van der Waals surface area contributed by atoms with Crippen molar-refractivity contribution in [1.29, 1.82) is 0 Å². The second-order valence-corrected chi connectivity index (χ2v) is 5.01. The first kappa shape index (κ1) is 16.9. The maximum Gasteiger partial charge on any atom is 0.232 e. The Labute approximate surface area is 124 Å². The quantitative estimate of drug-likeness (QED) is 0.900. The molecule has 1 heterocycles. The Kier molecular flexibility index (Phi) is 5.92. The molecule has 1 amide bonds. The minimum Gasteiger partial charge on any atom is -0.381 e. The molecule has 3 N–H and O–H groups in total. The number of nitrogens with two attached hydrogens (primary N) is 1. The summed E-state index contributed by atoms with van der Waals surface area (Å²) in [5, 5.41) is 2.83. The van der Waals surface area contributed by atoms with Crippen molar-refractivity contribution in [2.75, 3.05) is 25.1 Å². The van der Waals surface area contributed by atoms with Gasteiger partial charge in [-0.25, -0.2) is 4.39 Å². The van der Waals surface area contributed by atoms with Gasteiger partial charge in [0.05, 0.1) is 5.41 Å². The number of ether oxygens (including phenoxy) is 1. The maximum atomic E-state index is 13.2. The van der Waals surface area contributed by atoms with Gasteiger partial charge in [0.1, 0.15) is 5.82 Å². The van der Waals surface area contributed by atoms with E-state index in [1.54, 1.807) is 19.1 Å². The molecule has 112 valence electrons. The van der Waals surface area contributed by atoms with E-state index in [0.29, 0.717) is 43.9 Å². The molecule has 2 rings (SSSR count). The van der Waals surface area contributed by atoms with Crippen molar-refractivity contribution in [2.24, 2.45) is 11.1 Å². The monoisotopic (exact) mass is 302 g/mol. The van der Waals surface area contributed by atoms with Gasteiger partial charge in [-0.2, -0.15) is 0 Å². The van der Waals surface area contributed by atoms with E-state index in [0.717, 1.165) is 0 Å². The van der Waals surface area contributed by atoms with E-state index in [2.05, 4.69) is 5.32 Å². The van der Waals surface area contributed by atoms with E-state index >= 15 is 0 Å². The van der Waals surface area contributed by atoms with Crippen molar-refractivity contribution in [1.82, 2.24) is 0 Å². The van der Waals surface area contributed by atoms with Gasteiger partial charge in [-0.05, 0) is 43.5 Å². The fourth-order valence-electron chi connectivity index (χ4n) is 2.27. The standard InChI is InChI=1S/C14H19FN2O2.ClH/c1-10-8-11(2-3-12(10)15)17-13(18)14(9-16)4-6-19-7-5-14;/h2-3,8H,4-7,9,16H2,1H3,(H,17,18);1H. The summed E-state index contributed by atoms with van der Waals surface area (Å²) in [6, 6.07) is 4.53. The van der Waals surface area contributed by atoms with Crippen LogP contribution < -0.4 is 11.1 Å². The van der Waals surface area contributed by atoms with Crippen LogP contribution in [0.2, 0.25) is 0 Å². The average Bonchev–Trinajstić information content (AvgIpc) is 2.43. The predicted octanol–water partition coefficient (Wildman–Crippen LogP) is 2.25. The van der Waals surface area contributed by atoms with Gasteiger partial charge in [-0.15, -0.1) is 12.4 Å². The third kappa shape index (κ3) is 3.48. The fraction of sp³-hybridized carbons (Fsp3) is 0.500. The van der Waals surface area contributed by atoms with E-state index in [-0.39, 0.29) is 24.1 Å². The Morgan fingerprint density at radius 3 is 2.65 bits per heavy atom. The van der Waals surface area contributed by atoms with Crippen LogP contribution in [0.15, 0.2) is 18.2 Å². The van der Waals surface area contributed by atoms with E-state index in [4.69, 9.17) is 10.5 Å². The summed E-state index contributed by atoms with van der Waals surface area (Å²) in [5.41, 5.74) is 6.31. The molecular weight excluding hydrogens is 283 g/mol. The Morgan fingerprint density at radius 1 is 1.45 bits per heavy atom. The molecular formula is C14H20ClFN2O2. The molecule has 4 nitrogen and oxygen atoms in total. The highest BCUT2D eigenvalue weighted by Gasteiger charge is 2.38. The van der Waals surface area contributed by atoms with Crippen LogP contribution in [0.25, 0.3) is 0 Å². The minimum absolute atomic E-state index is 0. The molecule has 1 aliphatic rings. The van der Waals surface area contributed by atoms with Gasteiger partial charge in [0.2, 0.25) is 5.91 Å². The van der Waals surface area contributed by atoms with Gasteiger partial charge in [0, 0.05) is 25.4 Å². The van der Waals surface area contributed by atoms with Gasteiger partial charge >= 0.3 is 0 Å². The summed E-state index contributed by atoms with van der Waals surface area (Å²) in [6.45, 7) is 3.06. The number of benzene rings is 1. The third-order valence-corrected chi connectivity index (χ3v) is 3.74. The number of hydrogen-bond acceptors (Lipinski definition) is 3. The summed E-state index contributed by atoms with van der Waals surface area (Å²) >= 11 is 0. The second kappa shape index (κ2) is 7.02. The highest BCUT2D eigenvalue weighted by molar-refractivity contribution is 5.95. The number of nitrogens with one attached hydrogen (secondary N) is 1. The Balaban J connectivity index is 0.00000200. The SMILES string of the molecule is Cc1cc(NC(=O)C2(CN)CCOCC2)ccc1F.Cl. The first-order valence-electron chi connectivity index (χ1n) is 6.43. The number of aryl methyl sites for hydroxylation is 1. The molecule has 20 heavy (non-hydrogen) atoms. The molecule has 1 aromatic rings. The number of anilines is 1. The molecule has 0 radical (unpaired) electrons. The molecule has 0 spiro atoms. The molecule has 0 saturated carbocycles. The average molecular weight is 303 g/mol. The summed E-state index contributed by atoms with van der Waals surface area (Å²) in [6.07, 6.45) is 1.24. The molecule has 0 aliphatic carbocycles. The van der Waals surface area contributed by atoms with Gasteiger partial charge in [-0.1, -0.05) is 0 Å². The number of carbonyl (C=O) groups is 1. The summed E-state index contributed by atoms with van der Waals surface area (Å²) in [7, 11) is 0. The van der Waals surface area contributed by atoms with Crippen molar-refractivity contribution in [3.8, 4) is 0 Å². The van der Waals surface area contributed by atoms with Crippen LogP contribution in [-0.2, 0) is 9.53 Å². The van der Waals surface area contributed by atoms with Gasteiger partial charge in [0.25, 0.3) is 0 Å². The second-order valence-electron chi connectivity index (χ2n) is 5.01. The molecule has 1 fully saturated rings. The number of rotatable bonds is 3. The summed E-state index contributed by atoms with van der Waals surface area (Å²) in [4.78, 5) is 12.4. The smallest absolute Gasteiger partial charge is 0.232 e. The van der Waals surface area contributed by atoms with Gasteiger partial charge < -0.3 is 15.8 Å². The minimum atomic E-state index is -0.569. The van der Waals surface area contributed by atoms with Crippen molar-refractivity contribution in [2.45, 2.75) is 19.8 Å². The molecule has 0 aromatic heterocycles. The van der Waals surface area contributed by atoms with E-state index in [9.17, 15) is 9.18 Å². The van der Waals surface area contributed by atoms with Crippen LogP contribution in [0.5, 0.6) is 0 Å². The zero-order valence-electron chi connectivity index (χ0n) is 11.4. The van der Waals surface area contributed by atoms with E-state index in [1.807, 2.05) is 0 Å². The molecule has 0 bridgehead atoms. The molecule has 0 unspecified atom stereocenters. The highest BCUT2D eigenvalue weighted by atomic mass is 35.5. The van der Waals surface area contributed by atoms with Crippen molar-refractivity contribution in [3.05, 3.63) is 29.6 Å². The van der Waals surface area contributed by atoms with Crippen molar-refractivity contribution >= 4 is 24.0 Å². The molecule has 6 heteroatoms. The van der Waals surface area contributed by atoms with Crippen LogP contribution in [0.3, 0.4) is 0 Å². The highest BCUT2D eigenvalue weighted by Crippen LogP contribution is 2.31. The Bertz CT molecular complexity index is 476. The van der Waals surface area contributed by atoms with Crippen LogP contribution >= 0.6 is 12.4 Å².